The predicted octanol–water partition coefficient (Wildman–Crippen LogP) is 5.68. The SMILES string of the molecule is C/C=C(\CCCC)C(C)CS/C(N)=N/C(=S)Nc1ccc(OCCN2CCCC2)cc1. The summed E-state index contributed by atoms with van der Waals surface area (Å²) < 4.78 is 5.84. The highest BCUT2D eigenvalue weighted by molar-refractivity contribution is 8.13. The van der Waals surface area contributed by atoms with Crippen molar-refractivity contribution in [2.75, 3.05) is 37.3 Å². The van der Waals surface area contributed by atoms with Crippen molar-refractivity contribution in [3.63, 3.8) is 0 Å². The molecule has 0 aliphatic carbocycles. The van der Waals surface area contributed by atoms with Gasteiger partial charge in [0.05, 0.1) is 0 Å². The molecule has 1 saturated heterocycles. The van der Waals surface area contributed by atoms with Crippen molar-refractivity contribution in [1.29, 1.82) is 0 Å². The molecular formula is C24H38N4OS2. The summed E-state index contributed by atoms with van der Waals surface area (Å²) in [5, 5.41) is 4.00. The molecule has 1 heterocycles. The number of amidine groups is 1. The minimum Gasteiger partial charge on any atom is -0.492 e. The number of thioether (sulfide) groups is 1. The molecule has 172 valence electrons. The Morgan fingerprint density at radius 2 is 2.03 bits per heavy atom. The number of ether oxygens (including phenoxy) is 1. The molecule has 1 fully saturated rings. The number of nitrogens with two attached hydrogens (primary N) is 1. The molecule has 1 aliphatic rings. The van der Waals surface area contributed by atoms with Crippen molar-refractivity contribution in [2.45, 2.75) is 52.9 Å². The number of nitrogens with one attached hydrogen (secondary N) is 1. The number of likely N-dealkylation sites (tertiary alicyclic amines) is 1. The van der Waals surface area contributed by atoms with Gasteiger partial charge < -0.3 is 15.8 Å². The molecule has 1 aromatic carbocycles. The molecule has 1 aromatic rings. The van der Waals surface area contributed by atoms with Crippen molar-refractivity contribution in [1.82, 2.24) is 4.90 Å². The molecule has 0 bridgehead atoms. The Morgan fingerprint density at radius 1 is 1.32 bits per heavy atom. The average Bonchev–Trinajstić information content (AvgIpc) is 3.27. The molecule has 1 atom stereocenters. The van der Waals surface area contributed by atoms with Crippen LogP contribution in [0.3, 0.4) is 0 Å². The van der Waals surface area contributed by atoms with Gasteiger partial charge in [0.15, 0.2) is 10.3 Å². The van der Waals surface area contributed by atoms with Gasteiger partial charge in [-0.3, -0.25) is 4.90 Å². The van der Waals surface area contributed by atoms with Crippen LogP contribution in [0.1, 0.15) is 52.9 Å². The van der Waals surface area contributed by atoms with Gasteiger partial charge in [-0.1, -0.05) is 43.7 Å². The fraction of sp³-hybridized carbons (Fsp3) is 0.583. The first-order valence-electron chi connectivity index (χ1n) is 11.4. The normalized spacial score (nSPS) is 16.4. The molecule has 0 aromatic heterocycles. The largest absolute Gasteiger partial charge is 0.492 e. The van der Waals surface area contributed by atoms with Crippen molar-refractivity contribution < 1.29 is 4.74 Å². The Balaban J connectivity index is 1.72. The number of benzene rings is 1. The fourth-order valence-electron chi connectivity index (χ4n) is 3.59. The van der Waals surface area contributed by atoms with E-state index in [2.05, 4.69) is 42.1 Å². The molecule has 7 heteroatoms. The molecule has 5 nitrogen and oxygen atoms in total. The second-order valence-corrected chi connectivity index (χ2v) is 9.41. The van der Waals surface area contributed by atoms with E-state index in [4.69, 9.17) is 22.7 Å². The number of rotatable bonds is 11. The first-order chi connectivity index (χ1) is 15.0. The minimum atomic E-state index is 0.373. The number of hydrogen-bond donors (Lipinski definition) is 2. The van der Waals surface area contributed by atoms with Crippen LogP contribution in [0.5, 0.6) is 5.75 Å². The third kappa shape index (κ3) is 10.1. The van der Waals surface area contributed by atoms with Crippen LogP contribution in [0.25, 0.3) is 0 Å². The standard InChI is InChI=1S/C24H38N4OS2/c1-4-6-9-20(5-2)19(3)18-31-23(25)27-24(30)26-21-10-12-22(13-11-21)29-17-16-28-14-7-8-15-28/h5,10-13,19H,4,6-9,14-18H2,1-3H3,(H3,25,26,27,30)/b20-5+. The van der Waals surface area contributed by atoms with E-state index >= 15 is 0 Å². The maximum Gasteiger partial charge on any atom is 0.199 e. The molecule has 1 unspecified atom stereocenters. The summed E-state index contributed by atoms with van der Waals surface area (Å²) in [7, 11) is 0. The summed E-state index contributed by atoms with van der Waals surface area (Å²) in [6.45, 7) is 10.7. The Kier molecular flexibility index (Phi) is 12.0. The minimum absolute atomic E-state index is 0.373. The number of allylic oxidation sites excluding steroid dienone is 2. The van der Waals surface area contributed by atoms with Crippen LogP contribution in [0.15, 0.2) is 40.9 Å². The zero-order valence-corrected chi connectivity index (χ0v) is 20.9. The van der Waals surface area contributed by atoms with E-state index in [-0.39, 0.29) is 0 Å². The lowest BCUT2D eigenvalue weighted by atomic mass is 9.97. The van der Waals surface area contributed by atoms with Crippen LogP contribution in [0.2, 0.25) is 0 Å². The number of aliphatic imine (C=N–C) groups is 1. The van der Waals surface area contributed by atoms with E-state index in [1.807, 2.05) is 24.3 Å². The summed E-state index contributed by atoms with van der Waals surface area (Å²) in [6.07, 6.45) is 8.45. The van der Waals surface area contributed by atoms with E-state index in [0.717, 1.165) is 36.8 Å². The molecular weight excluding hydrogens is 424 g/mol. The van der Waals surface area contributed by atoms with E-state index in [0.29, 0.717) is 16.2 Å². The fourth-order valence-corrected chi connectivity index (χ4v) is 4.66. The van der Waals surface area contributed by atoms with Gasteiger partial charge in [0.25, 0.3) is 0 Å². The maximum atomic E-state index is 6.09. The Hall–Kier alpha value is -1.57. The lowest BCUT2D eigenvalue weighted by Gasteiger charge is -2.15. The third-order valence-electron chi connectivity index (χ3n) is 5.50. The van der Waals surface area contributed by atoms with Gasteiger partial charge in [-0.15, -0.1) is 0 Å². The molecule has 31 heavy (non-hydrogen) atoms. The van der Waals surface area contributed by atoms with Gasteiger partial charge in [-0.2, -0.15) is 4.99 Å². The van der Waals surface area contributed by atoms with Crippen molar-refractivity contribution in [3.8, 4) is 5.75 Å². The molecule has 0 radical (unpaired) electrons. The van der Waals surface area contributed by atoms with Gasteiger partial charge in [0.2, 0.25) is 0 Å². The molecule has 3 N–H and O–H groups in total. The Morgan fingerprint density at radius 3 is 2.68 bits per heavy atom. The van der Waals surface area contributed by atoms with E-state index in [1.165, 1.54) is 44.3 Å². The molecule has 0 saturated carbocycles. The lowest BCUT2D eigenvalue weighted by Crippen LogP contribution is -2.25. The zero-order valence-electron chi connectivity index (χ0n) is 19.2. The topological polar surface area (TPSA) is 62.9 Å². The number of hydrogen-bond acceptors (Lipinski definition) is 4. The lowest BCUT2D eigenvalue weighted by molar-refractivity contribution is 0.238. The smallest absolute Gasteiger partial charge is 0.199 e. The molecule has 0 spiro atoms. The summed E-state index contributed by atoms with van der Waals surface area (Å²) in [6, 6.07) is 7.80. The first-order valence-corrected chi connectivity index (χ1v) is 12.8. The molecule has 0 amide bonds. The van der Waals surface area contributed by atoms with Crippen molar-refractivity contribution in [2.24, 2.45) is 16.6 Å². The highest BCUT2D eigenvalue weighted by Gasteiger charge is 2.11. The quantitative estimate of drug-likeness (QED) is 0.191. The highest BCUT2D eigenvalue weighted by atomic mass is 32.2. The average molecular weight is 463 g/mol. The van der Waals surface area contributed by atoms with E-state index < -0.39 is 0 Å². The number of thiocarbonyl (C=S) groups is 1. The number of nitrogens with zero attached hydrogens (tertiary/aromatic N) is 2. The second kappa shape index (κ2) is 14.5. The molecule has 1 aliphatic heterocycles. The van der Waals surface area contributed by atoms with Gasteiger partial charge in [-0.05, 0) is 88.1 Å². The van der Waals surface area contributed by atoms with Crippen LogP contribution in [0.4, 0.5) is 5.69 Å². The van der Waals surface area contributed by atoms with Gasteiger partial charge in [-0.25, -0.2) is 0 Å². The zero-order chi connectivity index (χ0) is 22.5. The van der Waals surface area contributed by atoms with Gasteiger partial charge >= 0.3 is 0 Å². The Bertz CT molecular complexity index is 728. The van der Waals surface area contributed by atoms with Crippen LogP contribution in [-0.4, -0.2) is 47.2 Å². The number of unbranched alkanes of at least 4 members (excludes halogenated alkanes) is 1. The van der Waals surface area contributed by atoms with Crippen LogP contribution >= 0.6 is 24.0 Å². The maximum absolute atomic E-state index is 6.09. The molecule has 2 rings (SSSR count). The van der Waals surface area contributed by atoms with Crippen LogP contribution in [0, 0.1) is 5.92 Å². The van der Waals surface area contributed by atoms with E-state index in [1.54, 1.807) is 11.8 Å². The Labute approximate surface area is 197 Å². The van der Waals surface area contributed by atoms with Crippen LogP contribution < -0.4 is 15.8 Å². The van der Waals surface area contributed by atoms with Crippen LogP contribution in [-0.2, 0) is 0 Å². The summed E-state index contributed by atoms with van der Waals surface area (Å²) in [4.78, 5) is 6.77. The third-order valence-corrected chi connectivity index (χ3v) is 6.74. The predicted molar refractivity (Wildman–Crippen MR) is 140 cm³/mol. The monoisotopic (exact) mass is 462 g/mol. The van der Waals surface area contributed by atoms with Crippen molar-refractivity contribution in [3.05, 3.63) is 35.9 Å². The van der Waals surface area contributed by atoms with Gasteiger partial charge in [0.1, 0.15) is 12.4 Å². The van der Waals surface area contributed by atoms with Crippen molar-refractivity contribution >= 4 is 39.9 Å². The van der Waals surface area contributed by atoms with Gasteiger partial charge in [0, 0.05) is 18.0 Å². The first kappa shape index (κ1) is 25.7. The summed E-state index contributed by atoms with van der Waals surface area (Å²) in [5.74, 6) is 2.26. The second-order valence-electron chi connectivity index (χ2n) is 7.98. The van der Waals surface area contributed by atoms with E-state index in [9.17, 15) is 0 Å². The highest BCUT2D eigenvalue weighted by Crippen LogP contribution is 2.22. The summed E-state index contributed by atoms with van der Waals surface area (Å²) in [5.41, 5.74) is 8.46. The number of anilines is 1. The summed E-state index contributed by atoms with van der Waals surface area (Å²) >= 11 is 6.91.